The number of aryl methyl sites for hydroxylation is 2. The van der Waals surface area contributed by atoms with Gasteiger partial charge in [0.1, 0.15) is 12.0 Å². The van der Waals surface area contributed by atoms with Gasteiger partial charge in [0.05, 0.1) is 5.69 Å². The molecule has 3 aromatic rings. The Kier molecular flexibility index (Phi) is 5.19. The molecule has 160 valence electrons. The number of amides is 2. The first-order valence-corrected chi connectivity index (χ1v) is 10.9. The van der Waals surface area contributed by atoms with Gasteiger partial charge >= 0.3 is 6.03 Å². The lowest BCUT2D eigenvalue weighted by Gasteiger charge is -2.27. The standard InChI is InChI=1S/C24H28N6O/c1-29(2)14-16-5-3-6-18(13-16)27-24(31)30-11-9-17(10-12-30)22-21-19-7-4-8-20(19)28-23(21)26-15-25-22/h3,5-6,9,13,15H,4,7-8,10-12,14H2,1-2H3,(H,27,31)(H,25,26,28). The molecule has 0 spiro atoms. The van der Waals surface area contributed by atoms with Gasteiger partial charge in [-0.3, -0.25) is 0 Å². The summed E-state index contributed by atoms with van der Waals surface area (Å²) in [4.78, 5) is 29.3. The lowest BCUT2D eigenvalue weighted by Crippen LogP contribution is -2.38. The molecular formula is C24H28N6O. The van der Waals surface area contributed by atoms with E-state index in [4.69, 9.17) is 0 Å². The number of carbonyl (C=O) groups is 1. The molecule has 0 radical (unpaired) electrons. The molecule has 2 aliphatic rings. The second-order valence-corrected chi connectivity index (χ2v) is 8.68. The van der Waals surface area contributed by atoms with Crippen LogP contribution in [0.2, 0.25) is 0 Å². The number of benzene rings is 1. The van der Waals surface area contributed by atoms with Crippen LogP contribution in [0.25, 0.3) is 16.6 Å². The number of anilines is 1. The summed E-state index contributed by atoms with van der Waals surface area (Å²) in [6.07, 6.45) is 7.94. The van der Waals surface area contributed by atoms with Crippen molar-refractivity contribution in [2.75, 3.05) is 32.5 Å². The Hall–Kier alpha value is -3.19. The van der Waals surface area contributed by atoms with Gasteiger partial charge in [0.2, 0.25) is 0 Å². The molecule has 0 saturated heterocycles. The predicted molar refractivity (Wildman–Crippen MR) is 123 cm³/mol. The largest absolute Gasteiger partial charge is 0.343 e. The fraction of sp³-hybridized carbons (Fsp3) is 0.375. The zero-order valence-electron chi connectivity index (χ0n) is 18.1. The number of nitrogens with zero attached hydrogens (tertiary/aromatic N) is 4. The van der Waals surface area contributed by atoms with Gasteiger partial charge in [-0.2, -0.15) is 0 Å². The molecule has 5 rings (SSSR count). The zero-order valence-corrected chi connectivity index (χ0v) is 18.1. The summed E-state index contributed by atoms with van der Waals surface area (Å²) in [7, 11) is 4.08. The van der Waals surface area contributed by atoms with Crippen LogP contribution in [0.3, 0.4) is 0 Å². The molecule has 2 aromatic heterocycles. The highest BCUT2D eigenvalue weighted by atomic mass is 16.2. The van der Waals surface area contributed by atoms with Gasteiger partial charge in [-0.1, -0.05) is 18.2 Å². The Morgan fingerprint density at radius 2 is 2.13 bits per heavy atom. The molecule has 0 atom stereocenters. The molecule has 2 amide bonds. The Morgan fingerprint density at radius 1 is 1.23 bits per heavy atom. The van der Waals surface area contributed by atoms with Crippen LogP contribution in [-0.4, -0.2) is 58.0 Å². The highest BCUT2D eigenvalue weighted by Gasteiger charge is 2.24. The van der Waals surface area contributed by atoms with Gasteiger partial charge in [0.15, 0.2) is 0 Å². The van der Waals surface area contributed by atoms with E-state index in [1.807, 2.05) is 37.2 Å². The number of hydrogen-bond donors (Lipinski definition) is 2. The molecule has 0 bridgehead atoms. The number of fused-ring (bicyclic) bond motifs is 3. The van der Waals surface area contributed by atoms with Crippen LogP contribution in [0.4, 0.5) is 10.5 Å². The monoisotopic (exact) mass is 416 g/mol. The third-order valence-corrected chi connectivity index (χ3v) is 6.11. The number of H-pyrrole nitrogens is 1. The maximum Gasteiger partial charge on any atom is 0.322 e. The third-order valence-electron chi connectivity index (χ3n) is 6.11. The van der Waals surface area contributed by atoms with Crippen molar-refractivity contribution in [2.24, 2.45) is 0 Å². The van der Waals surface area contributed by atoms with E-state index in [1.54, 1.807) is 6.33 Å². The molecule has 1 aliphatic heterocycles. The second-order valence-electron chi connectivity index (χ2n) is 8.68. The molecule has 7 nitrogen and oxygen atoms in total. The minimum Gasteiger partial charge on any atom is -0.343 e. The van der Waals surface area contributed by atoms with Crippen molar-refractivity contribution < 1.29 is 4.79 Å². The van der Waals surface area contributed by atoms with Crippen molar-refractivity contribution in [1.29, 1.82) is 0 Å². The van der Waals surface area contributed by atoms with Crippen LogP contribution in [0.1, 0.15) is 35.4 Å². The summed E-state index contributed by atoms with van der Waals surface area (Å²) >= 11 is 0. The number of aromatic nitrogens is 3. The van der Waals surface area contributed by atoms with Crippen LogP contribution >= 0.6 is 0 Å². The van der Waals surface area contributed by atoms with E-state index in [0.717, 1.165) is 42.8 Å². The number of hydrogen-bond acceptors (Lipinski definition) is 4. The van der Waals surface area contributed by atoms with Crippen LogP contribution < -0.4 is 5.32 Å². The third kappa shape index (κ3) is 3.93. The number of rotatable bonds is 4. The molecule has 0 unspecified atom stereocenters. The Morgan fingerprint density at radius 3 is 2.94 bits per heavy atom. The predicted octanol–water partition coefficient (Wildman–Crippen LogP) is 3.83. The lowest BCUT2D eigenvalue weighted by atomic mass is 10.00. The SMILES string of the molecule is CN(C)Cc1cccc(NC(=O)N2CC=C(c3ncnc4[nH]c5c(c34)CCC5)CC2)c1. The quantitative estimate of drug-likeness (QED) is 0.678. The Bertz CT molecular complexity index is 1160. The summed E-state index contributed by atoms with van der Waals surface area (Å²) in [6.45, 7) is 2.10. The molecule has 31 heavy (non-hydrogen) atoms. The number of carbonyl (C=O) groups excluding carboxylic acids is 1. The fourth-order valence-electron chi connectivity index (χ4n) is 4.69. The van der Waals surface area contributed by atoms with Gasteiger partial charge < -0.3 is 20.1 Å². The van der Waals surface area contributed by atoms with Crippen molar-refractivity contribution in [1.82, 2.24) is 24.8 Å². The van der Waals surface area contributed by atoms with E-state index in [9.17, 15) is 4.79 Å². The first-order valence-electron chi connectivity index (χ1n) is 10.9. The van der Waals surface area contributed by atoms with Crippen LogP contribution in [-0.2, 0) is 19.4 Å². The number of urea groups is 1. The highest BCUT2D eigenvalue weighted by Crippen LogP contribution is 2.34. The normalized spacial score (nSPS) is 16.0. The van der Waals surface area contributed by atoms with Crippen molar-refractivity contribution in [3.63, 3.8) is 0 Å². The number of aromatic amines is 1. The van der Waals surface area contributed by atoms with Gasteiger partial charge in [-0.25, -0.2) is 14.8 Å². The van der Waals surface area contributed by atoms with Crippen LogP contribution in [0.5, 0.6) is 0 Å². The Labute approximate surface area is 182 Å². The van der Waals surface area contributed by atoms with Crippen molar-refractivity contribution in [3.8, 4) is 0 Å². The molecular weight excluding hydrogens is 388 g/mol. The zero-order chi connectivity index (χ0) is 21.4. The fourth-order valence-corrected chi connectivity index (χ4v) is 4.69. The van der Waals surface area contributed by atoms with Crippen molar-refractivity contribution >= 4 is 28.3 Å². The van der Waals surface area contributed by atoms with E-state index in [1.165, 1.54) is 34.2 Å². The number of nitrogens with one attached hydrogen (secondary N) is 2. The van der Waals surface area contributed by atoms with Gasteiger partial charge in [-0.05, 0) is 68.6 Å². The first kappa shape index (κ1) is 19.8. The molecule has 1 aliphatic carbocycles. The summed E-state index contributed by atoms with van der Waals surface area (Å²) in [5.74, 6) is 0. The van der Waals surface area contributed by atoms with Crippen molar-refractivity contribution in [3.05, 3.63) is 59.2 Å². The summed E-state index contributed by atoms with van der Waals surface area (Å²) in [5.41, 5.74) is 7.87. The molecule has 0 fully saturated rings. The smallest absolute Gasteiger partial charge is 0.322 e. The van der Waals surface area contributed by atoms with Gasteiger partial charge in [0, 0.05) is 36.4 Å². The van der Waals surface area contributed by atoms with Gasteiger partial charge in [-0.15, -0.1) is 0 Å². The van der Waals surface area contributed by atoms with E-state index in [-0.39, 0.29) is 6.03 Å². The van der Waals surface area contributed by atoms with Crippen LogP contribution in [0, 0.1) is 0 Å². The van der Waals surface area contributed by atoms with Crippen LogP contribution in [0.15, 0.2) is 36.7 Å². The van der Waals surface area contributed by atoms with E-state index in [2.05, 4.69) is 37.3 Å². The molecule has 0 saturated carbocycles. The lowest BCUT2D eigenvalue weighted by molar-refractivity contribution is 0.217. The summed E-state index contributed by atoms with van der Waals surface area (Å²) < 4.78 is 0. The molecule has 3 heterocycles. The average molecular weight is 417 g/mol. The maximum atomic E-state index is 12.8. The van der Waals surface area contributed by atoms with Gasteiger partial charge in [0.25, 0.3) is 0 Å². The first-order chi connectivity index (χ1) is 15.1. The second kappa shape index (κ2) is 8.15. The summed E-state index contributed by atoms with van der Waals surface area (Å²) in [5, 5.41) is 4.23. The topological polar surface area (TPSA) is 77.2 Å². The average Bonchev–Trinajstić information content (AvgIpc) is 3.34. The van der Waals surface area contributed by atoms with E-state index in [0.29, 0.717) is 13.1 Å². The van der Waals surface area contributed by atoms with Crippen molar-refractivity contribution in [2.45, 2.75) is 32.2 Å². The Balaban J connectivity index is 1.31. The van der Waals surface area contributed by atoms with E-state index < -0.39 is 0 Å². The molecule has 2 N–H and O–H groups in total. The van der Waals surface area contributed by atoms with E-state index >= 15 is 0 Å². The maximum absolute atomic E-state index is 12.8. The molecule has 1 aromatic carbocycles. The molecule has 7 heteroatoms. The minimum absolute atomic E-state index is 0.0623. The summed E-state index contributed by atoms with van der Waals surface area (Å²) in [6, 6.07) is 7.97. The minimum atomic E-state index is -0.0623. The highest BCUT2D eigenvalue weighted by molar-refractivity contribution is 5.94.